The predicted molar refractivity (Wildman–Crippen MR) is 178 cm³/mol. The second kappa shape index (κ2) is 11.1. The molecule has 1 unspecified atom stereocenters. The summed E-state index contributed by atoms with van der Waals surface area (Å²) in [5.41, 5.74) is 0.939. The van der Waals surface area contributed by atoms with Crippen LogP contribution in [0.1, 0.15) is 91.9 Å². The van der Waals surface area contributed by atoms with Gasteiger partial charge in [0.2, 0.25) is 11.8 Å². The third-order valence-electron chi connectivity index (χ3n) is 16.0. The number of piperazine rings is 1. The van der Waals surface area contributed by atoms with Gasteiger partial charge in [-0.3, -0.25) is 14.5 Å². The third-order valence-corrected chi connectivity index (χ3v) is 16.0. The molecule has 8 nitrogen and oxygen atoms in total. The van der Waals surface area contributed by atoms with E-state index in [-0.39, 0.29) is 35.5 Å². The van der Waals surface area contributed by atoms with Crippen LogP contribution in [0.15, 0.2) is 0 Å². The van der Waals surface area contributed by atoms with Crippen molar-refractivity contribution in [1.82, 2.24) is 20.0 Å². The molecule has 0 bridgehead atoms. The van der Waals surface area contributed by atoms with Crippen molar-refractivity contribution in [2.45, 2.75) is 110 Å². The van der Waals surface area contributed by atoms with Gasteiger partial charge in [0.05, 0.1) is 12.7 Å². The number of carbonyl (C=O) groups excluding carboxylic acids is 2. The fraction of sp³-hybridized carbons (Fsp3) is 0.947. The molecule has 3 heterocycles. The highest BCUT2D eigenvalue weighted by Gasteiger charge is 2.89. The molecule has 0 aromatic rings. The lowest BCUT2D eigenvalue weighted by Crippen LogP contribution is -2.56. The van der Waals surface area contributed by atoms with Crippen LogP contribution in [0.4, 0.5) is 0 Å². The van der Waals surface area contributed by atoms with Crippen LogP contribution in [0.3, 0.4) is 0 Å². The molecule has 5 saturated carbocycles. The first-order valence-electron chi connectivity index (χ1n) is 19.1. The molecule has 8 aliphatic rings. The zero-order chi connectivity index (χ0) is 32.2. The summed E-state index contributed by atoms with van der Waals surface area (Å²) >= 11 is 0. The molecule has 1 N–H and O–H groups in total. The first-order valence-corrected chi connectivity index (χ1v) is 19.1. The van der Waals surface area contributed by atoms with Crippen molar-refractivity contribution in [2.75, 3.05) is 60.0 Å². The number of rotatable bonds is 6. The summed E-state index contributed by atoms with van der Waals surface area (Å²) in [6, 6.07) is 0.211. The monoisotopic (exact) mass is 638 g/mol. The van der Waals surface area contributed by atoms with E-state index in [1.54, 1.807) is 0 Å². The highest BCUT2D eigenvalue weighted by atomic mass is 16.7. The minimum atomic E-state index is -0.266. The Morgan fingerprint density at radius 3 is 2.43 bits per heavy atom. The summed E-state index contributed by atoms with van der Waals surface area (Å²) in [5.74, 6) is 4.58. The molecular weight excluding hydrogens is 576 g/mol. The minimum absolute atomic E-state index is 0.00346. The fourth-order valence-corrected chi connectivity index (χ4v) is 13.6. The first kappa shape index (κ1) is 32.0. The van der Waals surface area contributed by atoms with E-state index in [0.29, 0.717) is 40.6 Å². The lowest BCUT2D eigenvalue weighted by atomic mass is 9.44. The Morgan fingerprint density at radius 2 is 1.67 bits per heavy atom. The maximum atomic E-state index is 13.1. The normalized spacial score (nSPS) is 50.9. The molecule has 3 saturated heterocycles. The van der Waals surface area contributed by atoms with Gasteiger partial charge in [-0.1, -0.05) is 27.7 Å². The molecule has 0 radical (unpaired) electrons. The summed E-state index contributed by atoms with van der Waals surface area (Å²) in [4.78, 5) is 32.6. The Balaban J connectivity index is 0.858. The molecule has 258 valence electrons. The van der Waals surface area contributed by atoms with Gasteiger partial charge in [-0.15, -0.1) is 0 Å². The molecule has 13 atom stereocenters. The average Bonchev–Trinajstić information content (AvgIpc) is 3.23. The van der Waals surface area contributed by atoms with Crippen LogP contribution in [0.2, 0.25) is 0 Å². The molecular formula is C38H62N4O4. The molecule has 1 spiro atoms. The molecule has 8 heteroatoms. The summed E-state index contributed by atoms with van der Waals surface area (Å²) in [6.07, 6.45) is 11.5. The van der Waals surface area contributed by atoms with Crippen LogP contribution in [0.25, 0.3) is 0 Å². The van der Waals surface area contributed by atoms with Gasteiger partial charge >= 0.3 is 0 Å². The SMILES string of the molecule is C[C@@H]1CO[C@]23O[C@H]4C[C@H]5[C@@H]6CC[C@@H]7C[C@@H](NC(=O)CC(=O)N8CCN(CCN(C)C)CC8)CC[C@]7(C)[C@H]6CC[C@]5(C)[C@H]4[C@]2(C)C3C1. The quantitative estimate of drug-likeness (QED) is 0.428. The number of fused-ring (bicyclic) bond motifs is 9. The standard InChI is InChI=1S/C38H62N4O4/c1-24-19-31-37(4)34-30(46-38(31,37)45-23-24)21-29-27-8-7-25-20-26(9-11-35(25,2)28(27)10-12-36(29,34)3)39-32(43)22-33(44)42-17-15-41(16-18-42)14-13-40(5)6/h24-31,34H,7-23H2,1-6H3,(H,39,43)/t24-,25+,26-,27+,28-,29-,30-,31?,34-,35-,36-,37-,38+/m0/s1. The van der Waals surface area contributed by atoms with E-state index >= 15 is 0 Å². The van der Waals surface area contributed by atoms with Crippen molar-refractivity contribution >= 4 is 11.8 Å². The third kappa shape index (κ3) is 4.65. The van der Waals surface area contributed by atoms with Gasteiger partial charge in [0.1, 0.15) is 6.42 Å². The number of amides is 2. The highest BCUT2D eigenvalue weighted by Crippen LogP contribution is 2.84. The van der Waals surface area contributed by atoms with Crippen LogP contribution < -0.4 is 5.32 Å². The van der Waals surface area contributed by atoms with Gasteiger partial charge in [0.15, 0.2) is 5.79 Å². The maximum Gasteiger partial charge on any atom is 0.232 e. The van der Waals surface area contributed by atoms with Crippen molar-refractivity contribution in [1.29, 1.82) is 0 Å². The molecule has 8 fully saturated rings. The van der Waals surface area contributed by atoms with Crippen LogP contribution in [-0.2, 0) is 19.1 Å². The van der Waals surface area contributed by atoms with Crippen molar-refractivity contribution in [3.63, 3.8) is 0 Å². The fourth-order valence-electron chi connectivity index (χ4n) is 13.6. The Morgan fingerprint density at radius 1 is 0.913 bits per heavy atom. The van der Waals surface area contributed by atoms with E-state index in [4.69, 9.17) is 9.47 Å². The van der Waals surface area contributed by atoms with E-state index < -0.39 is 0 Å². The van der Waals surface area contributed by atoms with Crippen LogP contribution >= 0.6 is 0 Å². The first-order chi connectivity index (χ1) is 21.9. The molecule has 5 aliphatic carbocycles. The number of hydrogen-bond donors (Lipinski definition) is 1. The Kier molecular flexibility index (Phi) is 7.76. The van der Waals surface area contributed by atoms with Crippen molar-refractivity contribution < 1.29 is 19.1 Å². The number of likely N-dealkylation sites (N-methyl/N-ethyl adjacent to an activating group) is 1. The molecule has 46 heavy (non-hydrogen) atoms. The number of nitrogens with one attached hydrogen (secondary N) is 1. The van der Waals surface area contributed by atoms with Gasteiger partial charge in [-0.2, -0.15) is 0 Å². The Bertz CT molecular complexity index is 1220. The summed E-state index contributed by atoms with van der Waals surface area (Å²) < 4.78 is 13.6. The Labute approximate surface area is 278 Å². The summed E-state index contributed by atoms with van der Waals surface area (Å²) in [7, 11) is 4.19. The zero-order valence-electron chi connectivity index (χ0n) is 29.7. The average molecular weight is 639 g/mol. The van der Waals surface area contributed by atoms with Gasteiger partial charge in [-0.05, 0) is 112 Å². The van der Waals surface area contributed by atoms with Gasteiger partial charge < -0.3 is 24.6 Å². The molecule has 0 aromatic carbocycles. The number of nitrogens with zero attached hydrogens (tertiary/aromatic N) is 3. The smallest absolute Gasteiger partial charge is 0.232 e. The van der Waals surface area contributed by atoms with Gasteiger partial charge in [0.25, 0.3) is 0 Å². The molecule has 0 aromatic heterocycles. The van der Waals surface area contributed by atoms with E-state index in [0.717, 1.165) is 76.5 Å². The zero-order valence-corrected chi connectivity index (χ0v) is 29.7. The van der Waals surface area contributed by atoms with Gasteiger partial charge in [0, 0.05) is 62.6 Å². The summed E-state index contributed by atoms with van der Waals surface area (Å²) in [5, 5.41) is 3.33. The lowest BCUT2D eigenvalue weighted by Gasteiger charge is -2.61. The predicted octanol–water partition coefficient (Wildman–Crippen LogP) is 4.62. The number of ether oxygens (including phenoxy) is 2. The topological polar surface area (TPSA) is 74.3 Å². The second-order valence-corrected chi connectivity index (χ2v) is 18.5. The van der Waals surface area contributed by atoms with Crippen molar-refractivity contribution in [3.05, 3.63) is 0 Å². The van der Waals surface area contributed by atoms with Crippen LogP contribution in [0, 0.1) is 57.7 Å². The van der Waals surface area contributed by atoms with Crippen LogP contribution in [0.5, 0.6) is 0 Å². The maximum absolute atomic E-state index is 13.1. The van der Waals surface area contributed by atoms with Gasteiger partial charge in [-0.25, -0.2) is 0 Å². The second-order valence-electron chi connectivity index (χ2n) is 18.5. The van der Waals surface area contributed by atoms with Crippen molar-refractivity contribution in [2.24, 2.45) is 57.7 Å². The minimum Gasteiger partial charge on any atom is -0.353 e. The molecule has 3 aliphatic heterocycles. The van der Waals surface area contributed by atoms with Crippen molar-refractivity contribution in [3.8, 4) is 0 Å². The largest absolute Gasteiger partial charge is 0.353 e. The van der Waals surface area contributed by atoms with E-state index in [1.165, 1.54) is 44.9 Å². The number of carbonyl (C=O) groups is 2. The molecule has 8 rings (SSSR count). The van der Waals surface area contributed by atoms with E-state index in [9.17, 15) is 9.59 Å². The highest BCUT2D eigenvalue weighted by molar-refractivity contribution is 5.97. The van der Waals surface area contributed by atoms with E-state index in [1.807, 2.05) is 4.90 Å². The number of hydrogen-bond acceptors (Lipinski definition) is 6. The summed E-state index contributed by atoms with van der Waals surface area (Å²) in [6.45, 7) is 16.3. The Hall–Kier alpha value is -1.22. The molecule has 2 amide bonds. The van der Waals surface area contributed by atoms with Crippen LogP contribution in [-0.4, -0.2) is 104 Å². The van der Waals surface area contributed by atoms with E-state index in [2.05, 4.69) is 56.9 Å². The lowest BCUT2D eigenvalue weighted by molar-refractivity contribution is -0.212.